The maximum atomic E-state index is 13.0. The van der Waals surface area contributed by atoms with E-state index in [1.807, 2.05) is 34.9 Å². The lowest BCUT2D eigenvalue weighted by Crippen LogP contribution is -2.36. The van der Waals surface area contributed by atoms with Crippen LogP contribution >= 0.6 is 0 Å². The number of carbonyl (C=O) groups excluding carboxylic acids is 1. The maximum Gasteiger partial charge on any atom is 0.248 e. The highest BCUT2D eigenvalue weighted by molar-refractivity contribution is 6.10. The number of hydrogen-bond acceptors (Lipinski definition) is 5. The lowest BCUT2D eigenvalue weighted by molar-refractivity contribution is -0.126. The molecule has 0 saturated heterocycles. The molecular weight excluding hydrogens is 390 g/mol. The van der Waals surface area contributed by atoms with Gasteiger partial charge < -0.3 is 9.42 Å². The van der Waals surface area contributed by atoms with Gasteiger partial charge in [0.25, 0.3) is 0 Å². The number of allylic oxidation sites excluding steroid dienone is 1. The van der Waals surface area contributed by atoms with Crippen molar-refractivity contribution in [2.24, 2.45) is 4.99 Å². The zero-order valence-corrected chi connectivity index (χ0v) is 17.6. The van der Waals surface area contributed by atoms with Crippen LogP contribution in [0.2, 0.25) is 0 Å². The van der Waals surface area contributed by atoms with E-state index in [1.165, 1.54) is 18.4 Å². The Morgan fingerprint density at radius 3 is 2.77 bits per heavy atom. The summed E-state index contributed by atoms with van der Waals surface area (Å²) in [4.78, 5) is 24.2. The Balaban J connectivity index is 1.51. The first-order chi connectivity index (χ1) is 15.1. The van der Waals surface area contributed by atoms with Crippen molar-refractivity contribution in [2.45, 2.75) is 39.0 Å². The van der Waals surface area contributed by atoms with Gasteiger partial charge >= 0.3 is 0 Å². The summed E-state index contributed by atoms with van der Waals surface area (Å²) in [7, 11) is 0. The van der Waals surface area contributed by atoms with Gasteiger partial charge in [0, 0.05) is 41.4 Å². The first-order valence-corrected chi connectivity index (χ1v) is 10.8. The number of aryl methyl sites for hydroxylation is 1. The molecule has 1 fully saturated rings. The molecule has 1 amide bonds. The van der Waals surface area contributed by atoms with Crippen LogP contribution in [0, 0.1) is 6.92 Å². The van der Waals surface area contributed by atoms with Gasteiger partial charge in [-0.2, -0.15) is 0 Å². The normalized spacial score (nSPS) is 18.6. The summed E-state index contributed by atoms with van der Waals surface area (Å²) in [6.07, 6.45) is 7.06. The molecule has 0 bridgehead atoms. The number of carbonyl (C=O) groups is 1. The van der Waals surface area contributed by atoms with Gasteiger partial charge in [0.05, 0.1) is 17.1 Å². The standard InChI is InChI=1S/C24H23N5O2/c1-14-10-21(31-27-14)18-4-3-5-19-17(18)8-9-29-22(30)11-25-24(15(2)23(19)29)28-12-20(26-13-28)16-6-7-16/h3-5,10,12-13,16H,6-9,11H2,1-2H3. The predicted octanol–water partition coefficient (Wildman–Crippen LogP) is 3.80. The van der Waals surface area contributed by atoms with E-state index in [2.05, 4.69) is 35.4 Å². The Kier molecular flexibility index (Phi) is 4.00. The van der Waals surface area contributed by atoms with Crippen LogP contribution in [0.5, 0.6) is 0 Å². The fourth-order valence-electron chi connectivity index (χ4n) is 4.71. The highest BCUT2D eigenvalue weighted by Crippen LogP contribution is 2.40. The second-order valence-electron chi connectivity index (χ2n) is 8.55. The molecule has 3 aliphatic rings. The SMILES string of the molecule is CC1=C2c3cccc(-c4cc(C)no4)c3CCN2C(=O)CN=C1n1cnc(C2CC2)c1. The first-order valence-electron chi connectivity index (χ1n) is 10.8. The van der Waals surface area contributed by atoms with Crippen LogP contribution in [-0.2, 0) is 11.2 Å². The lowest BCUT2D eigenvalue weighted by atomic mass is 9.89. The number of nitrogens with zero attached hydrogens (tertiary/aromatic N) is 5. The van der Waals surface area contributed by atoms with Gasteiger partial charge in [-0.3, -0.25) is 14.4 Å². The summed E-state index contributed by atoms with van der Waals surface area (Å²) >= 11 is 0. The molecule has 31 heavy (non-hydrogen) atoms. The molecule has 0 N–H and O–H groups in total. The van der Waals surface area contributed by atoms with Crippen LogP contribution in [0.3, 0.4) is 0 Å². The summed E-state index contributed by atoms with van der Waals surface area (Å²) in [5, 5.41) is 4.06. The average molecular weight is 413 g/mol. The summed E-state index contributed by atoms with van der Waals surface area (Å²) < 4.78 is 7.54. The molecule has 0 unspecified atom stereocenters. The van der Waals surface area contributed by atoms with E-state index in [-0.39, 0.29) is 12.5 Å². The molecule has 2 aromatic heterocycles. The molecule has 2 aliphatic heterocycles. The molecule has 1 aromatic carbocycles. The van der Waals surface area contributed by atoms with Crippen LogP contribution in [0.15, 0.2) is 51.9 Å². The van der Waals surface area contributed by atoms with Gasteiger partial charge in [-0.05, 0) is 38.7 Å². The van der Waals surface area contributed by atoms with Gasteiger partial charge in [-0.25, -0.2) is 4.98 Å². The zero-order valence-electron chi connectivity index (χ0n) is 17.6. The topological polar surface area (TPSA) is 76.5 Å². The fraction of sp³-hybridized carbons (Fsp3) is 0.333. The third-order valence-corrected chi connectivity index (χ3v) is 6.38. The largest absolute Gasteiger partial charge is 0.356 e. The Bertz CT molecular complexity index is 1270. The number of amides is 1. The van der Waals surface area contributed by atoms with Crippen LogP contribution in [0.1, 0.15) is 48.2 Å². The Morgan fingerprint density at radius 2 is 2.00 bits per heavy atom. The summed E-state index contributed by atoms with van der Waals surface area (Å²) in [5.41, 5.74) is 7.15. The van der Waals surface area contributed by atoms with Gasteiger partial charge in [0.1, 0.15) is 18.7 Å². The number of aromatic nitrogens is 3. The second-order valence-corrected chi connectivity index (χ2v) is 8.55. The maximum absolute atomic E-state index is 13.0. The van der Waals surface area contributed by atoms with Gasteiger partial charge in [0.15, 0.2) is 5.76 Å². The van der Waals surface area contributed by atoms with Crippen LogP contribution in [-0.4, -0.2) is 44.4 Å². The molecule has 7 nitrogen and oxygen atoms in total. The molecule has 0 radical (unpaired) electrons. The van der Waals surface area contributed by atoms with Crippen molar-refractivity contribution in [1.29, 1.82) is 0 Å². The van der Waals surface area contributed by atoms with Crippen molar-refractivity contribution in [3.8, 4) is 11.3 Å². The first kappa shape index (κ1) is 18.3. The minimum atomic E-state index is 0.0263. The molecule has 0 spiro atoms. The van der Waals surface area contributed by atoms with Crippen molar-refractivity contribution in [3.63, 3.8) is 0 Å². The molecule has 156 valence electrons. The molecule has 7 heteroatoms. The summed E-state index contributed by atoms with van der Waals surface area (Å²) in [5.74, 6) is 2.15. The molecular formula is C24H23N5O2. The number of fused-ring (bicyclic) bond motifs is 3. The van der Waals surface area contributed by atoms with E-state index >= 15 is 0 Å². The van der Waals surface area contributed by atoms with Crippen molar-refractivity contribution in [3.05, 3.63) is 64.9 Å². The molecule has 3 aromatic rings. The average Bonchev–Trinajstić information content (AvgIpc) is 3.39. The van der Waals surface area contributed by atoms with Crippen LogP contribution < -0.4 is 0 Å². The highest BCUT2D eigenvalue weighted by Gasteiger charge is 2.33. The van der Waals surface area contributed by atoms with Crippen LogP contribution in [0.4, 0.5) is 0 Å². The fourth-order valence-corrected chi connectivity index (χ4v) is 4.71. The van der Waals surface area contributed by atoms with E-state index < -0.39 is 0 Å². The summed E-state index contributed by atoms with van der Waals surface area (Å²) in [6.45, 7) is 4.74. The Hall–Kier alpha value is -3.48. The number of benzene rings is 1. The van der Waals surface area contributed by atoms with E-state index in [4.69, 9.17) is 9.52 Å². The minimum Gasteiger partial charge on any atom is -0.356 e. The molecule has 6 rings (SSSR count). The van der Waals surface area contributed by atoms with E-state index in [0.717, 1.165) is 51.8 Å². The van der Waals surface area contributed by atoms with E-state index in [9.17, 15) is 4.79 Å². The van der Waals surface area contributed by atoms with Crippen molar-refractivity contribution in [2.75, 3.05) is 13.1 Å². The van der Waals surface area contributed by atoms with E-state index in [0.29, 0.717) is 12.5 Å². The number of hydrogen-bond donors (Lipinski definition) is 0. The van der Waals surface area contributed by atoms with Crippen molar-refractivity contribution < 1.29 is 9.32 Å². The third-order valence-electron chi connectivity index (χ3n) is 6.38. The minimum absolute atomic E-state index is 0.0263. The number of imidazole rings is 1. The van der Waals surface area contributed by atoms with E-state index in [1.54, 1.807) is 0 Å². The third kappa shape index (κ3) is 2.95. The number of rotatable bonds is 2. The predicted molar refractivity (Wildman–Crippen MR) is 117 cm³/mol. The van der Waals surface area contributed by atoms with Crippen molar-refractivity contribution >= 4 is 17.4 Å². The zero-order chi connectivity index (χ0) is 21.1. The Morgan fingerprint density at radius 1 is 1.16 bits per heavy atom. The number of aliphatic imine (C=N–C) groups is 1. The lowest BCUT2D eigenvalue weighted by Gasteiger charge is -2.32. The Labute approximate surface area is 180 Å². The van der Waals surface area contributed by atoms with Gasteiger partial charge in [0.2, 0.25) is 5.91 Å². The molecule has 1 aliphatic carbocycles. The molecule has 1 saturated carbocycles. The monoisotopic (exact) mass is 413 g/mol. The summed E-state index contributed by atoms with van der Waals surface area (Å²) in [6, 6.07) is 8.13. The van der Waals surface area contributed by atoms with Crippen LogP contribution in [0.25, 0.3) is 17.0 Å². The van der Waals surface area contributed by atoms with Gasteiger partial charge in [-0.15, -0.1) is 0 Å². The second kappa shape index (κ2) is 6.77. The highest BCUT2D eigenvalue weighted by atomic mass is 16.5. The quantitative estimate of drug-likeness (QED) is 0.640. The van der Waals surface area contributed by atoms with Crippen molar-refractivity contribution in [1.82, 2.24) is 19.6 Å². The molecule has 4 heterocycles. The molecule has 0 atom stereocenters. The van der Waals surface area contributed by atoms with Gasteiger partial charge in [-0.1, -0.05) is 23.4 Å². The smallest absolute Gasteiger partial charge is 0.248 e.